The van der Waals surface area contributed by atoms with Crippen LogP contribution in [0.25, 0.3) is 0 Å². The lowest BCUT2D eigenvalue weighted by Gasteiger charge is -2.47. The van der Waals surface area contributed by atoms with E-state index >= 15 is 0 Å². The minimum absolute atomic E-state index is 0.207. The van der Waals surface area contributed by atoms with E-state index in [1.807, 2.05) is 6.92 Å². The maximum atomic E-state index is 11.5. The SMILES string of the molecule is CC1(N2C(=O)CC(=O)NC2=O)CCC1. The van der Waals surface area contributed by atoms with Crippen LogP contribution in [0.1, 0.15) is 32.6 Å². The third kappa shape index (κ3) is 1.20. The molecule has 0 aromatic rings. The third-order valence-corrected chi connectivity index (χ3v) is 2.98. The highest BCUT2D eigenvalue weighted by atomic mass is 16.2. The lowest BCUT2D eigenvalue weighted by atomic mass is 9.76. The molecule has 1 saturated heterocycles. The second kappa shape index (κ2) is 2.80. The van der Waals surface area contributed by atoms with Crippen LogP contribution >= 0.6 is 0 Å². The Bertz CT molecular complexity index is 300. The molecular formula is C9H12N2O3. The molecule has 0 spiro atoms. The van der Waals surface area contributed by atoms with Crippen molar-refractivity contribution in [3.05, 3.63) is 0 Å². The van der Waals surface area contributed by atoms with Gasteiger partial charge in [-0.1, -0.05) is 0 Å². The van der Waals surface area contributed by atoms with Gasteiger partial charge in [-0.05, 0) is 26.2 Å². The van der Waals surface area contributed by atoms with Crippen LogP contribution in [-0.2, 0) is 9.59 Å². The Morgan fingerprint density at radius 3 is 2.36 bits per heavy atom. The predicted molar refractivity (Wildman–Crippen MR) is 47.3 cm³/mol. The molecule has 1 aliphatic heterocycles. The van der Waals surface area contributed by atoms with Crippen LogP contribution in [0.5, 0.6) is 0 Å². The minimum Gasteiger partial charge on any atom is -0.277 e. The zero-order valence-electron chi connectivity index (χ0n) is 8.00. The zero-order chi connectivity index (χ0) is 10.3. The molecular weight excluding hydrogens is 184 g/mol. The first kappa shape index (κ1) is 9.18. The van der Waals surface area contributed by atoms with Gasteiger partial charge in [-0.2, -0.15) is 0 Å². The van der Waals surface area contributed by atoms with Crippen LogP contribution in [0, 0.1) is 0 Å². The molecule has 5 nitrogen and oxygen atoms in total. The fourth-order valence-corrected chi connectivity index (χ4v) is 2.01. The quantitative estimate of drug-likeness (QED) is 0.617. The number of carbonyl (C=O) groups is 3. The lowest BCUT2D eigenvalue weighted by molar-refractivity contribution is -0.142. The summed E-state index contributed by atoms with van der Waals surface area (Å²) in [5, 5.41) is 2.16. The Balaban J connectivity index is 2.21. The molecule has 1 saturated carbocycles. The molecule has 1 aliphatic carbocycles. The van der Waals surface area contributed by atoms with Crippen molar-refractivity contribution in [1.29, 1.82) is 0 Å². The van der Waals surface area contributed by atoms with E-state index in [-0.39, 0.29) is 17.9 Å². The molecule has 0 aromatic carbocycles. The van der Waals surface area contributed by atoms with Gasteiger partial charge in [0.15, 0.2) is 0 Å². The van der Waals surface area contributed by atoms with Crippen molar-refractivity contribution in [2.24, 2.45) is 0 Å². The number of imide groups is 2. The molecule has 0 bridgehead atoms. The second-order valence-electron chi connectivity index (χ2n) is 4.11. The minimum atomic E-state index is -0.562. The number of nitrogens with one attached hydrogen (secondary N) is 1. The van der Waals surface area contributed by atoms with E-state index in [4.69, 9.17) is 0 Å². The van der Waals surface area contributed by atoms with Crippen molar-refractivity contribution in [3.8, 4) is 0 Å². The summed E-state index contributed by atoms with van der Waals surface area (Å²) in [6, 6.07) is -0.562. The van der Waals surface area contributed by atoms with Crippen molar-refractivity contribution in [2.75, 3.05) is 0 Å². The highest BCUT2D eigenvalue weighted by molar-refractivity contribution is 6.14. The van der Waals surface area contributed by atoms with Gasteiger partial charge in [0, 0.05) is 5.54 Å². The predicted octanol–water partition coefficient (Wildman–Crippen LogP) is 0.397. The average Bonchev–Trinajstić information content (AvgIpc) is 1.99. The molecule has 14 heavy (non-hydrogen) atoms. The van der Waals surface area contributed by atoms with E-state index in [0.717, 1.165) is 19.3 Å². The maximum absolute atomic E-state index is 11.5. The summed E-state index contributed by atoms with van der Waals surface area (Å²) in [5.74, 6) is -0.875. The standard InChI is InChI=1S/C9H12N2O3/c1-9(3-2-4-9)11-7(13)5-6(12)10-8(11)14/h2-5H2,1H3,(H,10,12,14). The van der Waals surface area contributed by atoms with E-state index < -0.39 is 11.9 Å². The molecule has 2 rings (SSSR count). The zero-order valence-corrected chi connectivity index (χ0v) is 8.00. The van der Waals surface area contributed by atoms with Crippen LogP contribution in [-0.4, -0.2) is 28.3 Å². The Morgan fingerprint density at radius 1 is 1.29 bits per heavy atom. The molecule has 0 radical (unpaired) electrons. The van der Waals surface area contributed by atoms with E-state index in [0.29, 0.717) is 0 Å². The van der Waals surface area contributed by atoms with Crippen LogP contribution in [0.2, 0.25) is 0 Å². The van der Waals surface area contributed by atoms with Crippen molar-refractivity contribution in [1.82, 2.24) is 10.2 Å². The monoisotopic (exact) mass is 196 g/mol. The van der Waals surface area contributed by atoms with Gasteiger partial charge in [-0.15, -0.1) is 0 Å². The molecule has 1 heterocycles. The molecule has 4 amide bonds. The summed E-state index contributed by atoms with van der Waals surface area (Å²) in [7, 11) is 0. The lowest BCUT2D eigenvalue weighted by Crippen LogP contribution is -2.63. The fraction of sp³-hybridized carbons (Fsp3) is 0.667. The summed E-state index contributed by atoms with van der Waals surface area (Å²) in [6.45, 7) is 1.88. The number of rotatable bonds is 1. The summed E-state index contributed by atoms with van der Waals surface area (Å²) >= 11 is 0. The van der Waals surface area contributed by atoms with Gasteiger partial charge in [0.2, 0.25) is 11.8 Å². The van der Waals surface area contributed by atoms with Crippen LogP contribution in [0.3, 0.4) is 0 Å². The summed E-state index contributed by atoms with van der Waals surface area (Å²) in [5.41, 5.74) is -0.359. The van der Waals surface area contributed by atoms with Crippen molar-refractivity contribution in [2.45, 2.75) is 38.1 Å². The van der Waals surface area contributed by atoms with E-state index in [1.165, 1.54) is 4.90 Å². The number of hydrogen-bond acceptors (Lipinski definition) is 3. The number of urea groups is 1. The van der Waals surface area contributed by atoms with Crippen LogP contribution in [0.15, 0.2) is 0 Å². The number of barbiturate groups is 1. The molecule has 2 aliphatic rings. The first-order valence-electron chi connectivity index (χ1n) is 4.70. The largest absolute Gasteiger partial charge is 0.331 e. The molecule has 2 fully saturated rings. The van der Waals surface area contributed by atoms with Crippen LogP contribution in [0.4, 0.5) is 4.79 Å². The van der Waals surface area contributed by atoms with Crippen LogP contribution < -0.4 is 5.32 Å². The summed E-state index contributed by atoms with van der Waals surface area (Å²) in [4.78, 5) is 35.0. The number of carbonyl (C=O) groups excluding carboxylic acids is 3. The van der Waals surface area contributed by atoms with Gasteiger partial charge < -0.3 is 0 Å². The first-order chi connectivity index (χ1) is 6.53. The molecule has 0 atom stereocenters. The van der Waals surface area contributed by atoms with Gasteiger partial charge >= 0.3 is 6.03 Å². The molecule has 1 N–H and O–H groups in total. The van der Waals surface area contributed by atoms with E-state index in [2.05, 4.69) is 5.32 Å². The Morgan fingerprint density at radius 2 is 1.93 bits per heavy atom. The van der Waals surface area contributed by atoms with E-state index in [1.54, 1.807) is 0 Å². The van der Waals surface area contributed by atoms with Gasteiger partial charge in [-0.3, -0.25) is 19.8 Å². The summed E-state index contributed by atoms with van der Waals surface area (Å²) in [6.07, 6.45) is 2.49. The topological polar surface area (TPSA) is 66.5 Å². The Labute approximate surface area is 81.4 Å². The van der Waals surface area contributed by atoms with Gasteiger partial charge in [-0.25, -0.2) is 4.79 Å². The van der Waals surface area contributed by atoms with Gasteiger partial charge in [0.25, 0.3) is 0 Å². The van der Waals surface area contributed by atoms with Crippen molar-refractivity contribution < 1.29 is 14.4 Å². The number of nitrogens with zero attached hydrogens (tertiary/aromatic N) is 1. The Kier molecular flexibility index (Phi) is 1.83. The number of hydrogen-bond donors (Lipinski definition) is 1. The van der Waals surface area contributed by atoms with E-state index in [9.17, 15) is 14.4 Å². The second-order valence-corrected chi connectivity index (χ2v) is 4.11. The Hall–Kier alpha value is -1.39. The fourth-order valence-electron chi connectivity index (χ4n) is 2.01. The normalized spacial score (nSPS) is 25.8. The number of amides is 4. The van der Waals surface area contributed by atoms with Gasteiger partial charge in [0.05, 0.1) is 0 Å². The molecule has 0 unspecified atom stereocenters. The highest BCUT2D eigenvalue weighted by Crippen LogP contribution is 2.38. The average molecular weight is 196 g/mol. The highest BCUT2D eigenvalue weighted by Gasteiger charge is 2.46. The molecule has 5 heteroatoms. The third-order valence-electron chi connectivity index (χ3n) is 2.98. The maximum Gasteiger partial charge on any atom is 0.331 e. The molecule has 76 valence electrons. The molecule has 0 aromatic heterocycles. The van der Waals surface area contributed by atoms with Gasteiger partial charge in [0.1, 0.15) is 6.42 Å². The summed E-state index contributed by atoms with van der Waals surface area (Å²) < 4.78 is 0. The van der Waals surface area contributed by atoms with Crippen molar-refractivity contribution >= 4 is 17.8 Å². The smallest absolute Gasteiger partial charge is 0.277 e. The van der Waals surface area contributed by atoms with Crippen molar-refractivity contribution in [3.63, 3.8) is 0 Å². The first-order valence-corrected chi connectivity index (χ1v) is 4.70.